The normalized spacial score (nSPS) is 13.3. The lowest BCUT2D eigenvalue weighted by atomic mass is 10.0. The van der Waals surface area contributed by atoms with Crippen LogP contribution in [0.15, 0.2) is 0 Å². The molecular weight excluding hydrogens is 386 g/mol. The summed E-state index contributed by atoms with van der Waals surface area (Å²) in [5, 5.41) is 22.1. The molecule has 0 rings (SSSR count). The summed E-state index contributed by atoms with van der Waals surface area (Å²) >= 11 is 0. The first-order valence-corrected chi connectivity index (χ1v) is 13.7. The Hall–Kier alpha value is -0.610. The Kier molecular flexibility index (Phi) is 23.6. The van der Waals surface area contributed by atoms with Gasteiger partial charge in [0.25, 0.3) is 0 Å². The largest absolute Gasteiger partial charge is 0.394 e. The Morgan fingerprint density at radius 3 is 1.32 bits per heavy atom. The number of aliphatic hydroxyl groups excluding tert-OH is 2. The van der Waals surface area contributed by atoms with Gasteiger partial charge in [-0.15, -0.1) is 0 Å². The van der Waals surface area contributed by atoms with Gasteiger partial charge in [0.2, 0.25) is 5.91 Å². The summed E-state index contributed by atoms with van der Waals surface area (Å²) in [4.78, 5) is 11.4. The van der Waals surface area contributed by atoms with Crippen molar-refractivity contribution in [2.45, 2.75) is 161 Å². The predicted octanol–water partition coefficient (Wildman–Crippen LogP) is 7.06. The van der Waals surface area contributed by atoms with E-state index in [4.69, 9.17) is 0 Å². The molecule has 0 aliphatic heterocycles. The zero-order chi connectivity index (χ0) is 23.0. The third-order valence-electron chi connectivity index (χ3n) is 6.43. The van der Waals surface area contributed by atoms with Gasteiger partial charge in [-0.2, -0.15) is 0 Å². The Morgan fingerprint density at radius 1 is 0.645 bits per heavy atom. The highest BCUT2D eigenvalue weighted by Gasteiger charge is 2.19. The van der Waals surface area contributed by atoms with Gasteiger partial charge in [-0.25, -0.2) is 0 Å². The van der Waals surface area contributed by atoms with E-state index < -0.39 is 12.1 Å². The second-order valence-corrected chi connectivity index (χ2v) is 9.43. The van der Waals surface area contributed by atoms with Crippen LogP contribution in [0.4, 0.5) is 0 Å². The van der Waals surface area contributed by atoms with Crippen LogP contribution in [-0.4, -0.2) is 34.9 Å². The quantitative estimate of drug-likeness (QED) is 0.140. The van der Waals surface area contributed by atoms with Crippen LogP contribution in [-0.2, 0) is 4.79 Å². The molecule has 0 bridgehead atoms. The highest BCUT2D eigenvalue weighted by Crippen LogP contribution is 2.15. The Labute approximate surface area is 194 Å². The highest BCUT2D eigenvalue weighted by molar-refractivity contribution is 5.75. The predicted molar refractivity (Wildman–Crippen MR) is 133 cm³/mol. The molecule has 1 amide bonds. The van der Waals surface area contributed by atoms with Crippen molar-refractivity contribution in [2.75, 3.05) is 6.61 Å². The molecule has 2 unspecified atom stereocenters. The van der Waals surface area contributed by atoms with Crippen LogP contribution in [0.2, 0.25) is 0 Å². The van der Waals surface area contributed by atoms with Gasteiger partial charge in [-0.1, -0.05) is 136 Å². The number of unbranched alkanes of at least 4 members (excludes halogenated alkanes) is 18. The fourth-order valence-electron chi connectivity index (χ4n) is 4.21. The molecule has 0 aromatic heterocycles. The van der Waals surface area contributed by atoms with E-state index in [9.17, 15) is 15.0 Å². The maximum atomic E-state index is 11.4. The van der Waals surface area contributed by atoms with Crippen LogP contribution < -0.4 is 5.32 Å². The zero-order valence-electron chi connectivity index (χ0n) is 21.0. The first kappa shape index (κ1) is 30.4. The minimum atomic E-state index is -0.647. The van der Waals surface area contributed by atoms with Gasteiger partial charge < -0.3 is 15.5 Å². The second kappa shape index (κ2) is 24.0. The Bertz CT molecular complexity index is 375. The molecule has 0 aliphatic rings. The van der Waals surface area contributed by atoms with E-state index >= 15 is 0 Å². The number of aliphatic hydroxyl groups is 2. The third kappa shape index (κ3) is 21.0. The number of hydrogen-bond acceptors (Lipinski definition) is 3. The van der Waals surface area contributed by atoms with Crippen molar-refractivity contribution >= 4 is 5.91 Å². The molecule has 3 N–H and O–H groups in total. The van der Waals surface area contributed by atoms with E-state index in [1.54, 1.807) is 6.92 Å². The van der Waals surface area contributed by atoms with Gasteiger partial charge in [0, 0.05) is 6.42 Å². The minimum Gasteiger partial charge on any atom is -0.394 e. The van der Waals surface area contributed by atoms with Crippen molar-refractivity contribution < 1.29 is 15.0 Å². The van der Waals surface area contributed by atoms with Crippen molar-refractivity contribution in [1.29, 1.82) is 0 Å². The van der Waals surface area contributed by atoms with E-state index in [2.05, 4.69) is 12.2 Å². The molecule has 4 nitrogen and oxygen atoms in total. The van der Waals surface area contributed by atoms with Gasteiger partial charge in [-0.05, 0) is 6.42 Å². The molecule has 0 spiro atoms. The summed E-state index contributed by atoms with van der Waals surface area (Å²) in [6, 6.07) is -0.525. The summed E-state index contributed by atoms with van der Waals surface area (Å²) in [6.45, 7) is 3.85. The van der Waals surface area contributed by atoms with E-state index in [0.29, 0.717) is 12.8 Å². The number of carbonyl (C=O) groups is 1. The molecule has 186 valence electrons. The number of nitrogens with one attached hydrogen (secondary N) is 1. The summed E-state index contributed by atoms with van der Waals surface area (Å²) in [6.07, 6.45) is 26.1. The lowest BCUT2D eigenvalue weighted by molar-refractivity contribution is -0.122. The number of rotatable bonds is 24. The average molecular weight is 442 g/mol. The minimum absolute atomic E-state index is 0.119. The number of hydrogen-bond donors (Lipinski definition) is 3. The van der Waals surface area contributed by atoms with Crippen molar-refractivity contribution in [2.24, 2.45) is 0 Å². The summed E-state index contributed by atoms with van der Waals surface area (Å²) in [5.74, 6) is -0.119. The smallest absolute Gasteiger partial charge is 0.220 e. The van der Waals surface area contributed by atoms with E-state index in [1.807, 2.05) is 0 Å². The van der Waals surface area contributed by atoms with E-state index in [1.165, 1.54) is 109 Å². The monoisotopic (exact) mass is 441 g/mol. The van der Waals surface area contributed by atoms with E-state index in [-0.39, 0.29) is 12.5 Å². The third-order valence-corrected chi connectivity index (χ3v) is 6.43. The zero-order valence-corrected chi connectivity index (χ0v) is 21.0. The number of carbonyl (C=O) groups excluding carboxylic acids is 1. The van der Waals surface area contributed by atoms with Crippen molar-refractivity contribution in [3.63, 3.8) is 0 Å². The summed E-state index contributed by atoms with van der Waals surface area (Å²) < 4.78 is 0. The fourth-order valence-corrected chi connectivity index (χ4v) is 4.21. The molecule has 0 saturated carbocycles. The lowest BCUT2D eigenvalue weighted by Crippen LogP contribution is -2.45. The summed E-state index contributed by atoms with van der Waals surface area (Å²) in [5.41, 5.74) is 0. The van der Waals surface area contributed by atoms with Gasteiger partial charge in [0.1, 0.15) is 0 Å². The average Bonchev–Trinajstić information content (AvgIpc) is 2.78. The van der Waals surface area contributed by atoms with Gasteiger partial charge in [0.15, 0.2) is 0 Å². The van der Waals surface area contributed by atoms with E-state index in [0.717, 1.165) is 12.8 Å². The second-order valence-electron chi connectivity index (χ2n) is 9.43. The van der Waals surface area contributed by atoms with Crippen LogP contribution in [0.3, 0.4) is 0 Å². The first-order chi connectivity index (χ1) is 15.2. The van der Waals surface area contributed by atoms with Crippen molar-refractivity contribution in [3.8, 4) is 0 Å². The number of amides is 1. The molecule has 0 saturated heterocycles. The Balaban J connectivity index is 3.28. The molecule has 0 aliphatic carbocycles. The lowest BCUT2D eigenvalue weighted by Gasteiger charge is -2.22. The standard InChI is InChI=1S/C27H55NO3/c1-3-5-6-7-8-9-10-11-12-13-14-15-16-17-18-19-20-21-22-23-26(30)25(24-29)28-27(31)4-2/h25-26,29-30H,3-24H2,1-2H3,(H,28,31). The van der Waals surface area contributed by atoms with Gasteiger partial charge >= 0.3 is 0 Å². The molecule has 2 atom stereocenters. The molecular formula is C27H55NO3. The maximum Gasteiger partial charge on any atom is 0.220 e. The molecule has 0 heterocycles. The SMILES string of the molecule is CCCCCCCCCCCCCCCCCCCCCC(O)C(CO)NC(=O)CC. The van der Waals surface area contributed by atoms with Crippen LogP contribution in [0, 0.1) is 0 Å². The molecule has 0 radical (unpaired) electrons. The fraction of sp³-hybridized carbons (Fsp3) is 0.963. The van der Waals surface area contributed by atoms with Crippen molar-refractivity contribution in [1.82, 2.24) is 5.32 Å². The molecule has 0 fully saturated rings. The molecule has 31 heavy (non-hydrogen) atoms. The van der Waals surface area contributed by atoms with Gasteiger partial charge in [0.05, 0.1) is 18.8 Å². The Morgan fingerprint density at radius 2 is 1.00 bits per heavy atom. The topological polar surface area (TPSA) is 69.6 Å². The van der Waals surface area contributed by atoms with Crippen LogP contribution in [0.5, 0.6) is 0 Å². The summed E-state index contributed by atoms with van der Waals surface area (Å²) in [7, 11) is 0. The highest BCUT2D eigenvalue weighted by atomic mass is 16.3. The molecule has 4 heteroatoms. The van der Waals surface area contributed by atoms with Crippen molar-refractivity contribution in [3.05, 3.63) is 0 Å². The molecule has 0 aromatic carbocycles. The van der Waals surface area contributed by atoms with Gasteiger partial charge in [-0.3, -0.25) is 4.79 Å². The molecule has 0 aromatic rings. The maximum absolute atomic E-state index is 11.4. The van der Waals surface area contributed by atoms with Crippen LogP contribution in [0.25, 0.3) is 0 Å². The first-order valence-electron chi connectivity index (χ1n) is 13.7. The van der Waals surface area contributed by atoms with Crippen LogP contribution >= 0.6 is 0 Å². The van der Waals surface area contributed by atoms with Crippen LogP contribution in [0.1, 0.15) is 149 Å².